The van der Waals surface area contributed by atoms with Gasteiger partial charge in [-0.3, -0.25) is 0 Å². The van der Waals surface area contributed by atoms with E-state index in [0.29, 0.717) is 0 Å². The normalized spacial score (nSPS) is 17.4. The molecule has 0 heterocycles. The van der Waals surface area contributed by atoms with Crippen molar-refractivity contribution in [3.63, 3.8) is 0 Å². The second-order valence-electron chi connectivity index (χ2n) is 3.58. The van der Waals surface area contributed by atoms with Crippen LogP contribution in [0.25, 0.3) is 0 Å². The molecule has 7 heteroatoms. The molecule has 0 saturated heterocycles. The van der Waals surface area contributed by atoms with Crippen LogP contribution in [-0.4, -0.2) is 0 Å². The summed E-state index contributed by atoms with van der Waals surface area (Å²) >= 11 is 5.19. The Kier molecular flexibility index (Phi) is 3.27. The molecular formula is C10H10ClF5S. The topological polar surface area (TPSA) is 0 Å². The second-order valence-corrected chi connectivity index (χ2v) is 6.36. The molecule has 1 rings (SSSR count). The summed E-state index contributed by atoms with van der Waals surface area (Å²) in [5.41, 5.74) is 0.737. The molecule has 1 aromatic carbocycles. The molecule has 1 aromatic rings. The Morgan fingerprint density at radius 1 is 1.06 bits per heavy atom. The van der Waals surface area contributed by atoms with Gasteiger partial charge < -0.3 is 0 Å². The Balaban J connectivity index is 2.70. The van der Waals surface area contributed by atoms with Gasteiger partial charge in [0, 0.05) is 5.03 Å². The van der Waals surface area contributed by atoms with Crippen LogP contribution in [0, 0.1) is 0 Å². The zero-order chi connectivity index (χ0) is 13.2. The molecule has 0 fully saturated rings. The molecule has 0 aliphatic heterocycles. The molecular weight excluding hydrogens is 283 g/mol. The van der Waals surface area contributed by atoms with E-state index in [2.05, 4.69) is 0 Å². The van der Waals surface area contributed by atoms with E-state index >= 15 is 0 Å². The summed E-state index contributed by atoms with van der Waals surface area (Å²) < 4.78 is 60.2. The first-order valence-electron chi connectivity index (χ1n) is 4.60. The third-order valence-corrected chi connectivity index (χ3v) is 3.00. The van der Waals surface area contributed by atoms with Gasteiger partial charge >= 0.3 is 10.2 Å². The van der Waals surface area contributed by atoms with E-state index in [1.807, 2.05) is 0 Å². The van der Waals surface area contributed by atoms with E-state index in [4.69, 9.17) is 11.6 Å². The van der Waals surface area contributed by atoms with Crippen LogP contribution in [0.5, 0.6) is 0 Å². The molecule has 98 valence electrons. The summed E-state index contributed by atoms with van der Waals surface area (Å²) in [6.07, 6.45) is -0.0822. The number of aryl methyl sites for hydroxylation is 1. The Bertz CT molecular complexity index is 422. The van der Waals surface area contributed by atoms with Crippen molar-refractivity contribution in [2.24, 2.45) is 0 Å². The molecule has 17 heavy (non-hydrogen) atoms. The van der Waals surface area contributed by atoms with Gasteiger partial charge in [-0.2, -0.15) is 0 Å². The van der Waals surface area contributed by atoms with Crippen molar-refractivity contribution in [3.05, 3.63) is 46.3 Å². The summed E-state index contributed by atoms with van der Waals surface area (Å²) in [6.45, 7) is 0. The quantitative estimate of drug-likeness (QED) is 0.597. The number of hydrogen-bond donors (Lipinski definition) is 0. The summed E-state index contributed by atoms with van der Waals surface area (Å²) in [6, 6.07) is 8.53. The third-order valence-electron chi connectivity index (χ3n) is 1.85. The van der Waals surface area contributed by atoms with Crippen molar-refractivity contribution < 1.29 is 19.4 Å². The Labute approximate surface area is 101 Å². The third kappa shape index (κ3) is 7.23. The first kappa shape index (κ1) is 14.3. The molecule has 0 spiro atoms. The van der Waals surface area contributed by atoms with Gasteiger partial charge in [-0.05, 0) is 18.4 Å². The van der Waals surface area contributed by atoms with E-state index in [0.717, 1.165) is 5.56 Å². The van der Waals surface area contributed by atoms with Crippen molar-refractivity contribution in [2.45, 2.75) is 12.8 Å². The lowest BCUT2D eigenvalue weighted by atomic mass is 10.1. The monoisotopic (exact) mass is 292 g/mol. The largest absolute Gasteiger partial charge is 0.305 e. The lowest BCUT2D eigenvalue weighted by Crippen LogP contribution is -2.00. The fourth-order valence-corrected chi connectivity index (χ4v) is 2.41. The first-order chi connectivity index (χ1) is 7.45. The highest BCUT2D eigenvalue weighted by Gasteiger charge is 2.61. The minimum absolute atomic E-state index is 0.185. The number of rotatable bonds is 4. The first-order valence-corrected chi connectivity index (χ1v) is 7.00. The lowest BCUT2D eigenvalue weighted by molar-refractivity contribution is 0.384. The van der Waals surface area contributed by atoms with Crippen molar-refractivity contribution in [2.75, 3.05) is 0 Å². The van der Waals surface area contributed by atoms with Crippen LogP contribution in [0.2, 0.25) is 0 Å². The number of hydrogen-bond acceptors (Lipinski definition) is 0. The summed E-state index contributed by atoms with van der Waals surface area (Å²) in [4.78, 5) is 0. The smallest absolute Gasteiger partial charge is 0.0941 e. The van der Waals surface area contributed by atoms with Crippen LogP contribution in [0.1, 0.15) is 12.0 Å². The number of allylic oxidation sites excluding steroid dienone is 1. The van der Waals surface area contributed by atoms with Gasteiger partial charge in [0.2, 0.25) is 0 Å². The molecule has 0 N–H and O–H groups in total. The maximum Gasteiger partial charge on any atom is 0.305 e. The van der Waals surface area contributed by atoms with Crippen LogP contribution in [0.3, 0.4) is 0 Å². The minimum atomic E-state index is -9.55. The van der Waals surface area contributed by atoms with Gasteiger partial charge in [-0.25, -0.2) is 0 Å². The molecule has 0 atom stereocenters. The zero-order valence-corrected chi connectivity index (χ0v) is 10.1. The SMILES string of the molecule is FS(F)(F)(F)(F)/C=C(/Cl)CCc1ccccc1. The van der Waals surface area contributed by atoms with Crippen molar-refractivity contribution in [1.82, 2.24) is 0 Å². The molecule has 0 bridgehead atoms. The summed E-state index contributed by atoms with van der Waals surface area (Å²) in [7, 11) is -9.55. The Hall–Kier alpha value is -0.750. The molecule has 0 aliphatic carbocycles. The second kappa shape index (κ2) is 3.88. The van der Waals surface area contributed by atoms with Gasteiger partial charge in [0.15, 0.2) is 0 Å². The predicted molar refractivity (Wildman–Crippen MR) is 61.8 cm³/mol. The van der Waals surface area contributed by atoms with Crippen LogP contribution < -0.4 is 0 Å². The highest BCUT2D eigenvalue weighted by Crippen LogP contribution is 2.99. The number of halogens is 6. The summed E-state index contributed by atoms with van der Waals surface area (Å²) in [5, 5.41) is -1.92. The van der Waals surface area contributed by atoms with Gasteiger partial charge in [-0.1, -0.05) is 61.4 Å². The predicted octanol–water partition coefficient (Wildman–Crippen LogP) is 6.00. The van der Waals surface area contributed by atoms with E-state index in [-0.39, 0.29) is 12.8 Å². The molecule has 0 saturated carbocycles. The molecule has 0 amide bonds. The minimum Gasteiger partial charge on any atom is -0.0941 e. The highest BCUT2D eigenvalue weighted by atomic mass is 35.5. The fraction of sp³-hybridized carbons (Fsp3) is 0.200. The highest BCUT2D eigenvalue weighted by molar-refractivity contribution is 8.48. The van der Waals surface area contributed by atoms with Crippen molar-refractivity contribution in [1.29, 1.82) is 0 Å². The zero-order valence-electron chi connectivity index (χ0n) is 8.55. The maximum absolute atomic E-state index is 12.0. The van der Waals surface area contributed by atoms with Gasteiger partial charge in [0.25, 0.3) is 0 Å². The van der Waals surface area contributed by atoms with Gasteiger partial charge in [0.05, 0.1) is 5.41 Å². The average molecular weight is 293 g/mol. The van der Waals surface area contributed by atoms with E-state index in [1.54, 1.807) is 30.3 Å². The van der Waals surface area contributed by atoms with Crippen LogP contribution in [0.4, 0.5) is 19.4 Å². The lowest BCUT2D eigenvalue weighted by Gasteiger charge is -2.37. The van der Waals surface area contributed by atoms with Gasteiger partial charge in [-0.15, -0.1) is 0 Å². The van der Waals surface area contributed by atoms with Crippen LogP contribution in [-0.2, 0) is 6.42 Å². The fourth-order valence-electron chi connectivity index (χ4n) is 1.21. The van der Waals surface area contributed by atoms with E-state index in [9.17, 15) is 19.4 Å². The molecule has 0 nitrogen and oxygen atoms in total. The van der Waals surface area contributed by atoms with E-state index in [1.165, 1.54) is 0 Å². The standard InChI is InChI=1S/C10H10ClF5S/c11-10(8-17(12,13,14,15)16)7-6-9-4-2-1-3-5-9/h1-5,8H,6-7H2/b10-8+. The summed E-state index contributed by atoms with van der Waals surface area (Å²) in [5.74, 6) is 0. The van der Waals surface area contributed by atoms with Crippen LogP contribution >= 0.6 is 21.8 Å². The van der Waals surface area contributed by atoms with Crippen molar-refractivity contribution >= 4 is 21.8 Å². The molecule has 0 aromatic heterocycles. The molecule has 0 unspecified atom stereocenters. The molecule has 0 aliphatic rings. The van der Waals surface area contributed by atoms with Crippen LogP contribution in [0.15, 0.2) is 40.8 Å². The van der Waals surface area contributed by atoms with Gasteiger partial charge in [0.1, 0.15) is 0 Å². The molecule has 0 radical (unpaired) electrons. The average Bonchev–Trinajstić information content (AvgIpc) is 2.11. The Morgan fingerprint density at radius 2 is 1.59 bits per heavy atom. The number of benzene rings is 1. The Morgan fingerprint density at radius 3 is 2.06 bits per heavy atom. The van der Waals surface area contributed by atoms with Crippen molar-refractivity contribution in [3.8, 4) is 0 Å². The maximum atomic E-state index is 12.0. The van der Waals surface area contributed by atoms with E-state index < -0.39 is 20.7 Å².